The van der Waals surface area contributed by atoms with E-state index in [0.29, 0.717) is 34.6 Å². The topological polar surface area (TPSA) is 63.7 Å². The summed E-state index contributed by atoms with van der Waals surface area (Å²) in [5, 5.41) is 0. The largest absolute Gasteiger partial charge is 0.494 e. The fourth-order valence-electron chi connectivity index (χ4n) is 7.09. The summed E-state index contributed by atoms with van der Waals surface area (Å²) in [5.74, 6) is -0.892. The third-order valence-electron chi connectivity index (χ3n) is 8.65. The Bertz CT molecular complexity index is 1730. The average Bonchev–Trinajstić information content (AvgIpc) is 3.43. The molecule has 4 aromatic carbocycles. The number of para-hydroxylation sites is 1. The van der Waals surface area contributed by atoms with Crippen molar-refractivity contribution in [3.63, 3.8) is 0 Å². The van der Waals surface area contributed by atoms with Crippen LogP contribution in [-0.4, -0.2) is 36.0 Å². The number of carbonyl (C=O) groups excluding carboxylic acids is 3. The van der Waals surface area contributed by atoms with Crippen LogP contribution in [0.1, 0.15) is 55.0 Å². The van der Waals surface area contributed by atoms with Gasteiger partial charge in [-0.05, 0) is 36.8 Å². The molecule has 1 spiro atoms. The first-order valence-electron chi connectivity index (χ1n) is 13.7. The molecule has 3 atom stereocenters. The van der Waals surface area contributed by atoms with Gasteiger partial charge in [0.15, 0.2) is 17.3 Å². The second-order valence-corrected chi connectivity index (χ2v) is 11.5. The summed E-state index contributed by atoms with van der Waals surface area (Å²) in [6, 6.07) is 28.0. The Kier molecular flexibility index (Phi) is 6.05. The van der Waals surface area contributed by atoms with Crippen molar-refractivity contribution in [2.45, 2.75) is 24.9 Å². The number of ether oxygens (including phenoxy) is 1. The molecule has 41 heavy (non-hydrogen) atoms. The van der Waals surface area contributed by atoms with Gasteiger partial charge in [0.1, 0.15) is 17.2 Å². The molecule has 5 nitrogen and oxygen atoms in total. The van der Waals surface area contributed by atoms with Crippen LogP contribution < -0.4 is 9.64 Å². The highest BCUT2D eigenvalue weighted by atomic mass is 79.9. The number of fused-ring (bicyclic) bond motifs is 5. The van der Waals surface area contributed by atoms with Crippen LogP contribution >= 0.6 is 15.9 Å². The van der Waals surface area contributed by atoms with Crippen molar-refractivity contribution in [1.29, 1.82) is 0 Å². The minimum absolute atomic E-state index is 0.149. The van der Waals surface area contributed by atoms with Gasteiger partial charge in [0, 0.05) is 38.3 Å². The number of benzene rings is 4. The van der Waals surface area contributed by atoms with Crippen LogP contribution in [0.2, 0.25) is 0 Å². The molecule has 0 N–H and O–H groups in total. The molecule has 6 heteroatoms. The maximum absolute atomic E-state index is 14.8. The van der Waals surface area contributed by atoms with Gasteiger partial charge in [-0.2, -0.15) is 0 Å². The summed E-state index contributed by atoms with van der Waals surface area (Å²) in [4.78, 5) is 46.3. The fraction of sp³-hybridized carbons (Fsp3) is 0.171. The lowest BCUT2D eigenvalue weighted by molar-refractivity contribution is 0.0664. The van der Waals surface area contributed by atoms with Gasteiger partial charge in [-0.3, -0.25) is 14.4 Å². The van der Waals surface area contributed by atoms with Gasteiger partial charge in [-0.25, -0.2) is 0 Å². The molecule has 1 saturated heterocycles. The highest BCUT2D eigenvalue weighted by Gasteiger charge is 2.71. The van der Waals surface area contributed by atoms with E-state index in [-0.39, 0.29) is 17.3 Å². The Balaban J connectivity index is 1.57. The SMILES string of the molecule is CCOc1ccccc1[C@H]1[C@H](C(=O)c2ccccc2)N2c3ccc(Br)cc3C=C[C@@H]2C12C(=O)c1ccccc1C2=O. The van der Waals surface area contributed by atoms with Crippen LogP contribution in [-0.2, 0) is 0 Å². The first-order valence-corrected chi connectivity index (χ1v) is 14.5. The van der Waals surface area contributed by atoms with Crippen LogP contribution in [0.15, 0.2) is 108 Å². The van der Waals surface area contributed by atoms with E-state index in [0.717, 1.165) is 15.7 Å². The molecule has 3 aliphatic rings. The molecule has 0 saturated carbocycles. The van der Waals surface area contributed by atoms with E-state index in [1.54, 1.807) is 36.4 Å². The Morgan fingerprint density at radius 2 is 1.54 bits per heavy atom. The number of Topliss-reactive ketones (excluding diaryl/α,β-unsaturated/α-hetero) is 3. The number of halogens is 1. The molecule has 1 aliphatic carbocycles. The maximum Gasteiger partial charge on any atom is 0.185 e. The minimum atomic E-state index is -1.56. The van der Waals surface area contributed by atoms with Gasteiger partial charge in [-0.1, -0.05) is 101 Å². The maximum atomic E-state index is 14.8. The normalized spacial score (nSPS) is 21.5. The van der Waals surface area contributed by atoms with E-state index in [1.807, 2.05) is 84.6 Å². The molecule has 7 rings (SSSR count). The molecule has 2 aliphatic heterocycles. The Morgan fingerprint density at radius 1 is 0.878 bits per heavy atom. The van der Waals surface area contributed by atoms with Crippen molar-refractivity contribution in [1.82, 2.24) is 0 Å². The van der Waals surface area contributed by atoms with Crippen molar-refractivity contribution in [2.75, 3.05) is 11.5 Å². The third-order valence-corrected chi connectivity index (χ3v) is 9.14. The van der Waals surface area contributed by atoms with E-state index in [9.17, 15) is 14.4 Å². The van der Waals surface area contributed by atoms with E-state index < -0.39 is 23.4 Å². The van der Waals surface area contributed by atoms with Crippen LogP contribution in [0.4, 0.5) is 5.69 Å². The highest BCUT2D eigenvalue weighted by Crippen LogP contribution is 2.62. The zero-order valence-corrected chi connectivity index (χ0v) is 23.9. The number of hydrogen-bond acceptors (Lipinski definition) is 5. The lowest BCUT2D eigenvalue weighted by Gasteiger charge is -2.37. The first kappa shape index (κ1) is 25.7. The second kappa shape index (κ2) is 9.67. The number of ketones is 3. The molecular weight excluding hydrogens is 578 g/mol. The van der Waals surface area contributed by atoms with E-state index in [1.165, 1.54) is 0 Å². The smallest absolute Gasteiger partial charge is 0.185 e. The molecule has 1 fully saturated rings. The molecule has 4 aromatic rings. The Labute approximate surface area is 246 Å². The van der Waals surface area contributed by atoms with Gasteiger partial charge in [0.2, 0.25) is 0 Å². The summed E-state index contributed by atoms with van der Waals surface area (Å²) >= 11 is 3.57. The zero-order valence-electron chi connectivity index (χ0n) is 22.3. The summed E-state index contributed by atoms with van der Waals surface area (Å²) in [7, 11) is 0. The van der Waals surface area contributed by atoms with Gasteiger partial charge in [-0.15, -0.1) is 0 Å². The number of anilines is 1. The monoisotopic (exact) mass is 603 g/mol. The van der Waals surface area contributed by atoms with Crippen molar-refractivity contribution in [3.05, 3.63) is 135 Å². The third kappa shape index (κ3) is 3.56. The van der Waals surface area contributed by atoms with Gasteiger partial charge in [0.05, 0.1) is 12.6 Å². The molecule has 2 heterocycles. The van der Waals surface area contributed by atoms with Crippen molar-refractivity contribution in [3.8, 4) is 5.75 Å². The van der Waals surface area contributed by atoms with Crippen LogP contribution in [0.25, 0.3) is 6.08 Å². The molecule has 0 radical (unpaired) electrons. The quantitative estimate of drug-likeness (QED) is 0.179. The van der Waals surface area contributed by atoms with E-state index >= 15 is 0 Å². The number of rotatable bonds is 5. The second-order valence-electron chi connectivity index (χ2n) is 10.6. The standard InChI is InChI=1S/C35H26BrNO4/c1-2-41-28-15-9-8-14-26(28)30-31(32(38)21-10-4-3-5-11-21)37-27-18-17-23(36)20-22(27)16-19-29(37)35(30)33(39)24-12-6-7-13-25(24)34(35)40/h3-20,29-31H,2H2,1H3/t29-,30+,31-/m1/s1. The van der Waals surface area contributed by atoms with Gasteiger partial charge < -0.3 is 9.64 Å². The number of hydrogen-bond donors (Lipinski definition) is 0. The fourth-order valence-corrected chi connectivity index (χ4v) is 7.47. The van der Waals surface area contributed by atoms with E-state index in [4.69, 9.17) is 4.74 Å². The van der Waals surface area contributed by atoms with Gasteiger partial charge in [0.25, 0.3) is 0 Å². The lowest BCUT2D eigenvalue weighted by Crippen LogP contribution is -2.48. The lowest BCUT2D eigenvalue weighted by atomic mass is 9.64. The van der Waals surface area contributed by atoms with Crippen molar-refractivity contribution in [2.24, 2.45) is 5.41 Å². The predicted octanol–water partition coefficient (Wildman–Crippen LogP) is 7.16. The minimum Gasteiger partial charge on any atom is -0.494 e. The zero-order chi connectivity index (χ0) is 28.3. The predicted molar refractivity (Wildman–Crippen MR) is 162 cm³/mol. The average molecular weight is 605 g/mol. The summed E-state index contributed by atoms with van der Waals surface area (Å²) in [6.45, 7) is 2.30. The number of nitrogens with zero attached hydrogens (tertiary/aromatic N) is 1. The van der Waals surface area contributed by atoms with Crippen molar-refractivity contribution < 1.29 is 19.1 Å². The summed E-state index contributed by atoms with van der Waals surface area (Å²) in [6.07, 6.45) is 3.90. The van der Waals surface area contributed by atoms with Crippen molar-refractivity contribution >= 4 is 45.0 Å². The molecule has 202 valence electrons. The first-order chi connectivity index (χ1) is 20.0. The molecule has 0 aromatic heterocycles. The Hall–Kier alpha value is -4.29. The molecule has 0 bridgehead atoms. The van der Waals surface area contributed by atoms with Crippen LogP contribution in [0.5, 0.6) is 5.75 Å². The van der Waals surface area contributed by atoms with Crippen LogP contribution in [0, 0.1) is 5.41 Å². The summed E-state index contributed by atoms with van der Waals surface area (Å²) in [5.41, 5.74) is 2.16. The highest BCUT2D eigenvalue weighted by molar-refractivity contribution is 9.10. The Morgan fingerprint density at radius 3 is 2.24 bits per heavy atom. The molecule has 0 unspecified atom stereocenters. The molecular formula is C35H26BrNO4. The number of carbonyl (C=O) groups is 3. The summed E-state index contributed by atoms with van der Waals surface area (Å²) < 4.78 is 7.00. The molecule has 0 amide bonds. The van der Waals surface area contributed by atoms with Crippen LogP contribution in [0.3, 0.4) is 0 Å². The van der Waals surface area contributed by atoms with E-state index in [2.05, 4.69) is 15.9 Å². The van der Waals surface area contributed by atoms with Gasteiger partial charge >= 0.3 is 0 Å².